The third kappa shape index (κ3) is 4.40. The minimum Gasteiger partial charge on any atom is -0.494 e. The second-order valence-electron chi connectivity index (χ2n) is 7.63. The van der Waals surface area contributed by atoms with Gasteiger partial charge in [-0.15, -0.1) is 0 Å². The van der Waals surface area contributed by atoms with Crippen LogP contribution in [0.4, 0.5) is 14.5 Å². The lowest BCUT2D eigenvalue weighted by Gasteiger charge is -2.25. The van der Waals surface area contributed by atoms with Crippen molar-refractivity contribution in [2.75, 3.05) is 12.4 Å². The first-order valence-electron chi connectivity index (χ1n) is 10.1. The first-order valence-corrected chi connectivity index (χ1v) is 10.1. The molecule has 4 rings (SSSR count). The summed E-state index contributed by atoms with van der Waals surface area (Å²) < 4.78 is 33.1. The molecule has 1 fully saturated rings. The molecular formula is C22H22F2N4O3. The van der Waals surface area contributed by atoms with Crippen molar-refractivity contribution in [2.45, 2.75) is 38.2 Å². The number of carbonyl (C=O) groups is 2. The molecule has 0 unspecified atom stereocenters. The van der Waals surface area contributed by atoms with Gasteiger partial charge in [0, 0.05) is 23.6 Å². The van der Waals surface area contributed by atoms with Crippen LogP contribution in [0.1, 0.15) is 54.3 Å². The normalized spacial score (nSPS) is 18.8. The van der Waals surface area contributed by atoms with Crippen LogP contribution in [0, 0.1) is 5.92 Å². The van der Waals surface area contributed by atoms with Gasteiger partial charge in [-0.2, -0.15) is 5.10 Å². The number of nitrogens with zero attached hydrogens (tertiary/aromatic N) is 3. The maximum Gasteiger partial charge on any atom is 0.280 e. The van der Waals surface area contributed by atoms with Crippen LogP contribution in [0.2, 0.25) is 0 Å². The molecule has 0 spiro atoms. The summed E-state index contributed by atoms with van der Waals surface area (Å²) in [7, 11) is 1.48. The van der Waals surface area contributed by atoms with E-state index in [-0.39, 0.29) is 17.7 Å². The third-order valence-electron chi connectivity index (χ3n) is 5.63. The highest BCUT2D eigenvalue weighted by Crippen LogP contribution is 2.34. The first-order chi connectivity index (χ1) is 15.0. The van der Waals surface area contributed by atoms with Crippen molar-refractivity contribution in [3.63, 3.8) is 0 Å². The van der Waals surface area contributed by atoms with Crippen molar-refractivity contribution >= 4 is 28.8 Å². The smallest absolute Gasteiger partial charge is 0.280 e. The molecule has 31 heavy (non-hydrogen) atoms. The Morgan fingerprint density at radius 3 is 2.71 bits per heavy atom. The molecule has 2 heterocycles. The van der Waals surface area contributed by atoms with Crippen LogP contribution in [0.25, 0.3) is 10.9 Å². The Morgan fingerprint density at radius 1 is 1.26 bits per heavy atom. The second kappa shape index (κ2) is 8.79. The Hall–Kier alpha value is -3.36. The van der Waals surface area contributed by atoms with Crippen molar-refractivity contribution in [2.24, 2.45) is 5.92 Å². The Morgan fingerprint density at radius 2 is 2.03 bits per heavy atom. The molecular weight excluding hydrogens is 406 g/mol. The van der Waals surface area contributed by atoms with Gasteiger partial charge in [0.2, 0.25) is 0 Å². The van der Waals surface area contributed by atoms with E-state index in [1.165, 1.54) is 25.3 Å². The molecule has 162 valence electrons. The predicted octanol–water partition coefficient (Wildman–Crippen LogP) is 4.56. The van der Waals surface area contributed by atoms with Crippen LogP contribution < -0.4 is 10.1 Å². The monoisotopic (exact) mass is 428 g/mol. The summed E-state index contributed by atoms with van der Waals surface area (Å²) in [5.41, 5.74) is 0.543. The SMILES string of the molecule is COc1cc2nn([C@H]3CC[C@H](C=O)CC3)cc2cc1NC(=O)c1cccc(C(F)F)n1. The summed E-state index contributed by atoms with van der Waals surface area (Å²) in [6.45, 7) is 0. The molecule has 2 aromatic heterocycles. The number of ether oxygens (including phenoxy) is 1. The number of anilines is 1. The molecule has 1 aliphatic rings. The third-order valence-corrected chi connectivity index (χ3v) is 5.63. The molecule has 3 aromatic rings. The zero-order valence-corrected chi connectivity index (χ0v) is 16.9. The van der Waals surface area contributed by atoms with Crippen molar-refractivity contribution in [1.82, 2.24) is 14.8 Å². The fourth-order valence-electron chi connectivity index (χ4n) is 3.91. The van der Waals surface area contributed by atoms with E-state index in [1.54, 1.807) is 12.1 Å². The maximum absolute atomic E-state index is 12.9. The molecule has 0 atom stereocenters. The highest BCUT2D eigenvalue weighted by Gasteiger charge is 2.23. The van der Waals surface area contributed by atoms with Crippen LogP contribution in [-0.4, -0.2) is 34.1 Å². The summed E-state index contributed by atoms with van der Waals surface area (Å²) in [5.74, 6) is -0.0826. The minimum absolute atomic E-state index is 0.109. The number of amides is 1. The number of benzene rings is 1. The predicted molar refractivity (Wildman–Crippen MR) is 110 cm³/mol. The van der Waals surface area contributed by atoms with E-state index in [4.69, 9.17) is 4.74 Å². The first kappa shape index (κ1) is 20.9. The van der Waals surface area contributed by atoms with E-state index in [1.807, 2.05) is 10.9 Å². The molecule has 0 aliphatic heterocycles. The van der Waals surface area contributed by atoms with Gasteiger partial charge in [-0.05, 0) is 43.9 Å². The molecule has 7 nitrogen and oxygen atoms in total. The van der Waals surface area contributed by atoms with Crippen LogP contribution in [-0.2, 0) is 4.79 Å². The summed E-state index contributed by atoms with van der Waals surface area (Å²) in [6.07, 6.45) is 3.63. The highest BCUT2D eigenvalue weighted by atomic mass is 19.3. The number of halogens is 2. The average molecular weight is 428 g/mol. The van der Waals surface area contributed by atoms with Crippen LogP contribution in [0.5, 0.6) is 5.75 Å². The largest absolute Gasteiger partial charge is 0.494 e. The van der Waals surface area contributed by atoms with Crippen molar-refractivity contribution in [1.29, 1.82) is 0 Å². The maximum atomic E-state index is 12.9. The van der Waals surface area contributed by atoms with Gasteiger partial charge in [0.05, 0.1) is 24.4 Å². The Kier molecular flexibility index (Phi) is 5.92. The lowest BCUT2D eigenvalue weighted by Crippen LogP contribution is -2.19. The number of pyridine rings is 1. The van der Waals surface area contributed by atoms with Crippen LogP contribution in [0.3, 0.4) is 0 Å². The van der Waals surface area contributed by atoms with E-state index >= 15 is 0 Å². The quantitative estimate of drug-likeness (QED) is 0.582. The van der Waals surface area contributed by atoms with E-state index < -0.39 is 18.0 Å². The number of alkyl halides is 2. The van der Waals surface area contributed by atoms with Crippen LogP contribution >= 0.6 is 0 Å². The van der Waals surface area contributed by atoms with E-state index in [0.717, 1.165) is 37.4 Å². The second-order valence-corrected chi connectivity index (χ2v) is 7.63. The molecule has 1 saturated carbocycles. The molecule has 1 aromatic carbocycles. The number of fused-ring (bicyclic) bond motifs is 1. The molecule has 0 radical (unpaired) electrons. The van der Waals surface area contributed by atoms with Gasteiger partial charge in [0.25, 0.3) is 12.3 Å². The lowest BCUT2D eigenvalue weighted by molar-refractivity contribution is -0.112. The number of hydrogen-bond acceptors (Lipinski definition) is 5. The topological polar surface area (TPSA) is 86.1 Å². The number of methoxy groups -OCH3 is 1. The van der Waals surface area contributed by atoms with Gasteiger partial charge < -0.3 is 14.8 Å². The number of aldehydes is 1. The minimum atomic E-state index is -2.76. The van der Waals surface area contributed by atoms with Gasteiger partial charge in [0.1, 0.15) is 23.4 Å². The van der Waals surface area contributed by atoms with Gasteiger partial charge in [-0.25, -0.2) is 13.8 Å². The number of hydrogen-bond donors (Lipinski definition) is 1. The zero-order chi connectivity index (χ0) is 22.0. The number of carbonyl (C=O) groups excluding carboxylic acids is 2. The summed E-state index contributed by atoms with van der Waals surface area (Å²) >= 11 is 0. The zero-order valence-electron chi connectivity index (χ0n) is 16.9. The van der Waals surface area contributed by atoms with E-state index in [2.05, 4.69) is 15.4 Å². The highest BCUT2D eigenvalue weighted by molar-refractivity contribution is 6.05. The lowest BCUT2D eigenvalue weighted by atomic mass is 9.87. The van der Waals surface area contributed by atoms with Crippen molar-refractivity contribution < 1.29 is 23.1 Å². The number of aromatic nitrogens is 3. The summed E-state index contributed by atoms with van der Waals surface area (Å²) in [4.78, 5) is 27.3. The van der Waals surface area contributed by atoms with Gasteiger partial charge in [-0.1, -0.05) is 6.07 Å². The average Bonchev–Trinajstić information content (AvgIpc) is 3.21. The Labute approximate surface area is 177 Å². The summed E-state index contributed by atoms with van der Waals surface area (Å²) in [6, 6.07) is 7.59. The molecule has 0 bridgehead atoms. The standard InChI is InChI=1S/C22H22F2N4O3/c1-31-20-10-18-14(11-28(27-18)15-7-5-13(12-29)6-8-15)9-19(20)26-22(30)17-4-2-3-16(25-17)21(23)24/h2-4,9-13,15,21H,5-8H2,1H3,(H,26,30)/t13-,15-. The van der Waals surface area contributed by atoms with Gasteiger partial charge >= 0.3 is 0 Å². The van der Waals surface area contributed by atoms with Gasteiger partial charge in [0.15, 0.2) is 0 Å². The molecule has 1 amide bonds. The van der Waals surface area contributed by atoms with Gasteiger partial charge in [-0.3, -0.25) is 9.48 Å². The fourth-order valence-corrected chi connectivity index (χ4v) is 3.91. The number of rotatable bonds is 6. The molecule has 1 aliphatic carbocycles. The fraction of sp³-hybridized carbons (Fsp3) is 0.364. The van der Waals surface area contributed by atoms with Crippen LogP contribution in [0.15, 0.2) is 36.5 Å². The Balaban J connectivity index is 1.58. The molecule has 0 saturated heterocycles. The van der Waals surface area contributed by atoms with E-state index in [9.17, 15) is 18.4 Å². The van der Waals surface area contributed by atoms with Crippen molar-refractivity contribution in [3.8, 4) is 5.75 Å². The van der Waals surface area contributed by atoms with Crippen molar-refractivity contribution in [3.05, 3.63) is 47.9 Å². The molecule has 1 N–H and O–H groups in total. The molecule has 9 heteroatoms. The van der Waals surface area contributed by atoms with E-state index in [0.29, 0.717) is 17.0 Å². The number of nitrogens with one attached hydrogen (secondary N) is 1. The Bertz CT molecular complexity index is 1110. The summed E-state index contributed by atoms with van der Waals surface area (Å²) in [5, 5.41) is 8.14.